The van der Waals surface area contributed by atoms with Crippen LogP contribution in [0.2, 0.25) is 0 Å². The molecule has 7 aromatic rings. The molecule has 0 radical (unpaired) electrons. The molecule has 2 aliphatic heterocycles. The fourth-order valence-corrected chi connectivity index (χ4v) is 8.99. The molecule has 0 N–H and O–H groups in total. The largest absolute Gasteiger partial charge is 0.741 e. The van der Waals surface area contributed by atoms with Crippen molar-refractivity contribution in [3.63, 3.8) is 0 Å². The van der Waals surface area contributed by atoms with Gasteiger partial charge >= 0.3 is 5.51 Å². The summed E-state index contributed by atoms with van der Waals surface area (Å²) in [5, 5.41) is 11.6. The van der Waals surface area contributed by atoms with E-state index in [1.807, 2.05) is 0 Å². The number of halogens is 3. The maximum absolute atomic E-state index is 10.7. The van der Waals surface area contributed by atoms with E-state index < -0.39 is 15.6 Å². The third kappa shape index (κ3) is 11.7. The summed E-state index contributed by atoms with van der Waals surface area (Å²) in [6.07, 6.45) is -0.481. The van der Waals surface area contributed by atoms with E-state index in [0.717, 1.165) is 24.2 Å². The predicted octanol–water partition coefficient (Wildman–Crippen LogP) is 13.6. The van der Waals surface area contributed by atoms with Gasteiger partial charge in [0.15, 0.2) is 10.1 Å². The Morgan fingerprint density at radius 3 is 1.09 bits per heavy atom. The van der Waals surface area contributed by atoms with Gasteiger partial charge in [-0.25, -0.2) is 8.42 Å². The summed E-state index contributed by atoms with van der Waals surface area (Å²) in [5.74, 6) is 0. The number of alkyl halides is 3. The van der Waals surface area contributed by atoms with Crippen LogP contribution < -0.4 is 0 Å². The number of benzene rings is 7. The minimum Gasteiger partial charge on any atom is -0.741 e. The molecule has 7 aromatic carbocycles. The molecule has 2 heterocycles. The molecule has 2 aliphatic rings. The average Bonchev–Trinajstić information content (AvgIpc) is 3.89. The van der Waals surface area contributed by atoms with Crippen LogP contribution in [0.15, 0.2) is 194 Å². The first kappa shape index (κ1) is 49.6. The fourth-order valence-electron chi connectivity index (χ4n) is 8.99. The quantitative estimate of drug-likeness (QED) is 0.0589. The standard InChI is InChI=1S/C54H51N4.CHF3O3S.Pd/c1-54(2,3)47-35-45(52-55-48(41-26-14-6-15-27-41)50(43-30-18-8-19-31-43)57(52)37-39-22-10-4-11-23-39)34-46(36-47)53-56-49(42-28-16-7-17-29-42)51(44-32-20-9-21-33-44)58(53)38-40-24-12-5-13-25-40;2-1(3,4)8(5,6)7;/h4-33,35-36,48-53H,37-38H2,1-3H3;(H,5,6,7);/q-3;;/p-1/t48-,49+,50-,51+,52?,53?;;. The van der Waals surface area contributed by atoms with E-state index in [1.54, 1.807) is 0 Å². The van der Waals surface area contributed by atoms with Crippen LogP contribution >= 0.6 is 0 Å². The van der Waals surface area contributed by atoms with Crippen LogP contribution in [0.4, 0.5) is 13.2 Å². The Hall–Kier alpha value is -5.26. The van der Waals surface area contributed by atoms with Gasteiger partial charge in [0.05, 0.1) is 0 Å². The van der Waals surface area contributed by atoms with E-state index in [1.165, 1.54) is 38.9 Å². The van der Waals surface area contributed by atoms with Crippen LogP contribution in [-0.2, 0) is 49.0 Å². The van der Waals surface area contributed by atoms with Crippen molar-refractivity contribution >= 4 is 10.1 Å². The molecule has 0 aliphatic carbocycles. The van der Waals surface area contributed by atoms with Crippen molar-refractivity contribution in [2.75, 3.05) is 0 Å². The molecule has 12 heteroatoms. The smallest absolute Gasteiger partial charge is 0.485 e. The molecule has 67 heavy (non-hydrogen) atoms. The van der Waals surface area contributed by atoms with E-state index in [9.17, 15) is 13.2 Å². The van der Waals surface area contributed by atoms with Crippen molar-refractivity contribution in [3.8, 4) is 0 Å². The molecule has 0 saturated carbocycles. The molecule has 0 bridgehead atoms. The number of hydrogen-bond acceptors (Lipinski definition) is 5. The van der Waals surface area contributed by atoms with Crippen molar-refractivity contribution in [1.82, 2.24) is 9.80 Å². The van der Waals surface area contributed by atoms with Gasteiger partial charge in [-0.05, 0) is 27.7 Å². The molecule has 6 atom stereocenters. The van der Waals surface area contributed by atoms with Crippen molar-refractivity contribution in [2.45, 2.75) is 81.3 Å². The second-order valence-corrected chi connectivity index (χ2v) is 19.1. The summed E-state index contributed by atoms with van der Waals surface area (Å²) in [6, 6.07) is 74.1. The van der Waals surface area contributed by atoms with E-state index in [2.05, 4.69) is 231 Å². The monoisotopic (exact) mass is 1010 g/mol. The topological polar surface area (TPSA) is 91.9 Å². The molecule has 2 unspecified atom stereocenters. The van der Waals surface area contributed by atoms with Crippen molar-refractivity contribution in [2.24, 2.45) is 0 Å². The minimum atomic E-state index is -6.09. The zero-order valence-corrected chi connectivity index (χ0v) is 39.6. The van der Waals surface area contributed by atoms with Crippen molar-refractivity contribution in [3.05, 3.63) is 261 Å². The Labute approximate surface area is 406 Å². The molecule has 0 aromatic heterocycles. The van der Waals surface area contributed by atoms with Crippen LogP contribution in [-0.4, -0.2) is 28.3 Å². The van der Waals surface area contributed by atoms with Crippen LogP contribution in [0.1, 0.15) is 107 Å². The Bertz CT molecular complexity index is 2590. The van der Waals surface area contributed by atoms with Crippen molar-refractivity contribution < 1.29 is 46.6 Å². The van der Waals surface area contributed by atoms with E-state index in [0.29, 0.717) is 0 Å². The first-order valence-electron chi connectivity index (χ1n) is 21.9. The Kier molecular flexibility index (Phi) is 15.8. The summed E-state index contributed by atoms with van der Waals surface area (Å²) in [6.45, 7) is 8.45. The summed E-state index contributed by atoms with van der Waals surface area (Å²) < 4.78 is 58.9. The Balaban J connectivity index is 0.000000680. The first-order chi connectivity index (χ1) is 31.7. The number of nitrogens with zero attached hydrogens (tertiary/aromatic N) is 4. The molecule has 0 amide bonds. The maximum atomic E-state index is 10.7. The molecule has 350 valence electrons. The van der Waals surface area contributed by atoms with Gasteiger partial charge in [-0.3, -0.25) is 0 Å². The molecular weight excluding hydrogens is 960 g/mol. The third-order valence-electron chi connectivity index (χ3n) is 12.1. The summed E-state index contributed by atoms with van der Waals surface area (Å²) in [5.41, 5.74) is 5.18. The fraction of sp³-hybridized carbons (Fsp3) is 0.236. The normalized spacial score (nSPS) is 21.2. The minimum absolute atomic E-state index is 0. The van der Waals surface area contributed by atoms with Gasteiger partial charge < -0.3 is 25.0 Å². The third-order valence-corrected chi connectivity index (χ3v) is 12.7. The number of rotatable bonds is 10. The molecule has 0 spiro atoms. The van der Waals surface area contributed by atoms with Gasteiger partial charge in [0, 0.05) is 45.6 Å². The summed E-state index contributed by atoms with van der Waals surface area (Å²) in [7, 11) is -6.09. The second-order valence-electron chi connectivity index (χ2n) is 17.7. The van der Waals surface area contributed by atoms with E-state index in [4.69, 9.17) is 23.6 Å². The first-order valence-corrected chi connectivity index (χ1v) is 23.4. The van der Waals surface area contributed by atoms with Gasteiger partial charge in [0.25, 0.3) is 0 Å². The molecule has 9 rings (SSSR count). The maximum Gasteiger partial charge on any atom is 0.485 e. The molecular formula is C55H51F3N4O3PdS-4. The van der Waals surface area contributed by atoms with Crippen LogP contribution in [0.5, 0.6) is 0 Å². The second kappa shape index (κ2) is 21.4. The Morgan fingerprint density at radius 1 is 0.522 bits per heavy atom. The van der Waals surface area contributed by atoms with Gasteiger partial charge in [-0.15, -0.1) is 0 Å². The zero-order chi connectivity index (χ0) is 46.5. The van der Waals surface area contributed by atoms with Crippen molar-refractivity contribution in [1.29, 1.82) is 0 Å². The molecule has 2 fully saturated rings. The van der Waals surface area contributed by atoms with Gasteiger partial charge in [-0.1, -0.05) is 238 Å². The van der Waals surface area contributed by atoms with Crippen LogP contribution in [0.25, 0.3) is 10.6 Å². The summed E-state index contributed by atoms with van der Waals surface area (Å²) in [4.78, 5) is 5.22. The zero-order valence-electron chi connectivity index (χ0n) is 37.2. The number of hydrogen-bond donors (Lipinski definition) is 0. The van der Waals surface area contributed by atoms with E-state index >= 15 is 0 Å². The van der Waals surface area contributed by atoms with Crippen LogP contribution in [0, 0.1) is 6.07 Å². The van der Waals surface area contributed by atoms with Crippen LogP contribution in [0.3, 0.4) is 0 Å². The predicted molar refractivity (Wildman–Crippen MR) is 253 cm³/mol. The SMILES string of the molecule is CC(C)(C)c1cc(C2[N-][C@H](c3ccccc3)[C@@H](c3ccccc3)N2Cc2ccccc2)[c-]c(C2[N-][C@@H](c3ccccc3)[C@H](c3ccccc3)N2Cc2ccccc2)c1.O=S(=O)([O-])C(F)(F)F.[Pd]. The van der Waals surface area contributed by atoms with Gasteiger partial charge in [0.2, 0.25) is 0 Å². The molecule has 2 saturated heterocycles. The van der Waals surface area contributed by atoms with Gasteiger partial charge in [0.1, 0.15) is 0 Å². The average molecular weight is 1010 g/mol. The van der Waals surface area contributed by atoms with E-state index in [-0.39, 0.29) is 62.3 Å². The summed E-state index contributed by atoms with van der Waals surface area (Å²) >= 11 is 0. The Morgan fingerprint density at radius 2 is 0.806 bits per heavy atom. The van der Waals surface area contributed by atoms with Gasteiger partial charge in [-0.2, -0.15) is 48.1 Å². The molecule has 7 nitrogen and oxygen atoms in total.